The second-order valence-corrected chi connectivity index (χ2v) is 16.0. The van der Waals surface area contributed by atoms with E-state index in [0.29, 0.717) is 43.6 Å². The van der Waals surface area contributed by atoms with Gasteiger partial charge in [0.15, 0.2) is 0 Å². The van der Waals surface area contributed by atoms with Gasteiger partial charge in [0, 0.05) is 65.3 Å². The van der Waals surface area contributed by atoms with E-state index < -0.39 is 60.5 Å². The SMILES string of the molecule is C=C/C=C\[C@H](C)[C@H](OC(=O)NCCCCNC(=O)c1ccc(N=[N+]=[N-])cc1)[C@@H](C)[C@H](O)[C@@H](C)C/C(C)=C\[C@H](C)[C@@H](O)[C@@H](C)/C=C\[C@@H](O)C[C@@H]1OC(=O)[C@H](C)[C@@H](O)[C@H]1C. The molecule has 13 atom stereocenters. The molecule has 1 fully saturated rings. The Bertz CT molecular complexity index is 1610. The molecule has 14 heteroatoms. The number of hydrogen-bond donors (Lipinski definition) is 6. The number of carbonyl (C=O) groups excluding carboxylic acids is 3. The lowest BCUT2D eigenvalue weighted by molar-refractivity contribution is -0.179. The minimum atomic E-state index is -0.919. The molecule has 14 nitrogen and oxygen atoms in total. The van der Waals surface area contributed by atoms with E-state index in [4.69, 9.17) is 15.0 Å². The molecule has 1 saturated heterocycles. The van der Waals surface area contributed by atoms with Crippen molar-refractivity contribution in [1.82, 2.24) is 10.6 Å². The number of hydrogen-bond acceptors (Lipinski definition) is 10. The van der Waals surface area contributed by atoms with Crippen LogP contribution in [0.3, 0.4) is 0 Å². The molecule has 0 bridgehead atoms. The van der Waals surface area contributed by atoms with Gasteiger partial charge in [-0.25, -0.2) is 4.79 Å². The first-order valence-corrected chi connectivity index (χ1v) is 20.4. The number of amides is 2. The molecule has 6 N–H and O–H groups in total. The largest absolute Gasteiger partial charge is 0.462 e. The van der Waals surface area contributed by atoms with Gasteiger partial charge in [-0.2, -0.15) is 0 Å². The molecule has 0 aliphatic carbocycles. The lowest BCUT2D eigenvalue weighted by Gasteiger charge is -2.36. The quantitative estimate of drug-likeness (QED) is 0.0126. The normalized spacial score (nSPS) is 23.3. The summed E-state index contributed by atoms with van der Waals surface area (Å²) >= 11 is 0. The number of rotatable bonds is 23. The van der Waals surface area contributed by atoms with Crippen LogP contribution in [-0.4, -0.2) is 88.1 Å². The number of cyclic esters (lactones) is 1. The van der Waals surface area contributed by atoms with Gasteiger partial charge in [0.1, 0.15) is 12.2 Å². The van der Waals surface area contributed by atoms with Crippen molar-refractivity contribution in [3.8, 4) is 0 Å². The molecule has 1 heterocycles. The van der Waals surface area contributed by atoms with E-state index in [9.17, 15) is 34.8 Å². The number of nitrogens with one attached hydrogen (secondary N) is 2. The Labute approximate surface area is 344 Å². The number of allylic oxidation sites excluding steroid dienone is 3. The Balaban J connectivity index is 1.89. The molecule has 0 saturated carbocycles. The number of unbranched alkanes of at least 4 members (excludes halogenated alkanes) is 1. The van der Waals surface area contributed by atoms with Crippen LogP contribution in [-0.2, 0) is 14.3 Å². The highest BCUT2D eigenvalue weighted by Gasteiger charge is 2.41. The zero-order chi connectivity index (χ0) is 43.5. The van der Waals surface area contributed by atoms with E-state index in [-0.39, 0.29) is 41.9 Å². The van der Waals surface area contributed by atoms with Crippen LogP contribution in [0.15, 0.2) is 78.0 Å². The number of nitrogens with zero attached hydrogens (tertiary/aromatic N) is 3. The zero-order valence-corrected chi connectivity index (χ0v) is 35.4. The summed E-state index contributed by atoms with van der Waals surface area (Å²) in [6.45, 7) is 19.3. The van der Waals surface area contributed by atoms with E-state index in [1.807, 2.05) is 53.7 Å². The third-order valence-corrected chi connectivity index (χ3v) is 11.1. The van der Waals surface area contributed by atoms with E-state index >= 15 is 0 Å². The Morgan fingerprint density at radius 3 is 2.22 bits per heavy atom. The molecule has 1 aromatic carbocycles. The van der Waals surface area contributed by atoms with Crippen molar-refractivity contribution < 1.29 is 44.3 Å². The first-order valence-electron chi connectivity index (χ1n) is 20.4. The highest BCUT2D eigenvalue weighted by Crippen LogP contribution is 2.31. The fraction of sp³-hybridized carbons (Fsp3) is 0.614. The van der Waals surface area contributed by atoms with E-state index in [1.165, 1.54) is 0 Å². The number of benzene rings is 1. The van der Waals surface area contributed by atoms with Crippen molar-refractivity contribution in [3.63, 3.8) is 0 Å². The number of alkyl carbamates (subject to hydrolysis) is 1. The third-order valence-electron chi connectivity index (χ3n) is 11.1. The Morgan fingerprint density at radius 1 is 0.966 bits per heavy atom. The molecule has 0 spiro atoms. The van der Waals surface area contributed by atoms with Gasteiger partial charge in [-0.1, -0.05) is 107 Å². The van der Waals surface area contributed by atoms with Crippen LogP contribution in [0.5, 0.6) is 0 Å². The van der Waals surface area contributed by atoms with Gasteiger partial charge in [0.2, 0.25) is 0 Å². The third kappa shape index (κ3) is 16.1. The fourth-order valence-electron chi connectivity index (χ4n) is 7.31. The molecule has 322 valence electrons. The molecule has 1 aliphatic heterocycles. The van der Waals surface area contributed by atoms with Crippen molar-refractivity contribution in [1.29, 1.82) is 0 Å². The minimum Gasteiger partial charge on any atom is -0.462 e. The van der Waals surface area contributed by atoms with E-state index in [1.54, 1.807) is 62.4 Å². The summed E-state index contributed by atoms with van der Waals surface area (Å²) in [7, 11) is 0. The van der Waals surface area contributed by atoms with Gasteiger partial charge in [0.25, 0.3) is 5.91 Å². The summed E-state index contributed by atoms with van der Waals surface area (Å²) in [6.07, 6.45) is 7.33. The Kier molecular flexibility index (Phi) is 21.5. The topological polar surface area (TPSA) is 223 Å². The fourth-order valence-corrected chi connectivity index (χ4v) is 7.31. The second kappa shape index (κ2) is 25.1. The molecular formula is C44H67N5O9. The highest BCUT2D eigenvalue weighted by molar-refractivity contribution is 5.94. The summed E-state index contributed by atoms with van der Waals surface area (Å²) in [5.41, 5.74) is 10.4. The van der Waals surface area contributed by atoms with Crippen LogP contribution >= 0.6 is 0 Å². The number of esters is 1. The predicted octanol–water partition coefficient (Wildman–Crippen LogP) is 7.08. The molecule has 1 aliphatic rings. The van der Waals surface area contributed by atoms with Crippen LogP contribution in [0.25, 0.3) is 10.4 Å². The van der Waals surface area contributed by atoms with Crippen LogP contribution in [0.4, 0.5) is 10.5 Å². The summed E-state index contributed by atoms with van der Waals surface area (Å²) in [5.74, 6) is -3.05. The van der Waals surface area contributed by atoms with Crippen LogP contribution in [0.1, 0.15) is 91.4 Å². The molecule has 0 aromatic heterocycles. The van der Waals surface area contributed by atoms with Gasteiger partial charge in [-0.3, -0.25) is 9.59 Å². The monoisotopic (exact) mass is 809 g/mol. The van der Waals surface area contributed by atoms with Crippen molar-refractivity contribution in [2.24, 2.45) is 46.5 Å². The second-order valence-electron chi connectivity index (χ2n) is 16.0. The molecule has 2 rings (SSSR count). The molecule has 58 heavy (non-hydrogen) atoms. The van der Waals surface area contributed by atoms with Crippen molar-refractivity contribution in [2.75, 3.05) is 13.1 Å². The summed E-state index contributed by atoms with van der Waals surface area (Å²) in [5, 5.41) is 52.7. The van der Waals surface area contributed by atoms with E-state index in [2.05, 4.69) is 27.2 Å². The maximum atomic E-state index is 12.9. The molecule has 2 amide bonds. The summed E-state index contributed by atoms with van der Waals surface area (Å²) in [6, 6.07) is 6.28. The molecule has 1 aromatic rings. The average Bonchev–Trinajstić information content (AvgIpc) is 3.19. The van der Waals surface area contributed by atoms with Crippen LogP contribution in [0.2, 0.25) is 0 Å². The first kappa shape index (κ1) is 49.7. The van der Waals surface area contributed by atoms with Crippen LogP contribution in [0, 0.1) is 41.4 Å². The van der Waals surface area contributed by atoms with Gasteiger partial charge < -0.3 is 40.5 Å². The van der Waals surface area contributed by atoms with Gasteiger partial charge in [0.05, 0.1) is 30.3 Å². The number of carbonyl (C=O) groups is 3. The van der Waals surface area contributed by atoms with Gasteiger partial charge in [-0.05, 0) is 56.7 Å². The lowest BCUT2D eigenvalue weighted by atomic mass is 9.81. The zero-order valence-electron chi connectivity index (χ0n) is 35.4. The van der Waals surface area contributed by atoms with Crippen LogP contribution < -0.4 is 10.6 Å². The maximum Gasteiger partial charge on any atom is 0.407 e. The highest BCUT2D eigenvalue weighted by atomic mass is 16.6. The standard InChI is InChI=1S/C44H67N5O9/c1-10-11-14-28(4)41(58-44(56)47-22-13-12-21-46-42(54)34-16-18-35(19-17-34)48-49-45)32(8)39(52)30(6)24-26(2)23-29(5)38(51)27(3)15-20-36(50)25-37-31(7)40(53)33(9)43(55)57-37/h10-11,14-20,23,27-33,36-41,50-53H,1,12-13,21-22,24-25H2,2-9H3,(H,46,54)(H,47,56)/b14-11-,20-15-,26-23-/t27-,28-,29-,30-,31-,32-,33+,36+,37-,38-,39+,40-,41-/m0/s1. The average molecular weight is 810 g/mol. The first-order chi connectivity index (χ1) is 27.4. The number of aliphatic hydroxyl groups is 4. The predicted molar refractivity (Wildman–Crippen MR) is 225 cm³/mol. The van der Waals surface area contributed by atoms with E-state index in [0.717, 1.165) is 5.57 Å². The molecule has 0 radical (unpaired) electrons. The summed E-state index contributed by atoms with van der Waals surface area (Å²) in [4.78, 5) is 40.1. The van der Waals surface area contributed by atoms with Gasteiger partial charge >= 0.3 is 12.1 Å². The molecular weight excluding hydrogens is 743 g/mol. The van der Waals surface area contributed by atoms with Crippen molar-refractivity contribution >= 4 is 23.7 Å². The lowest BCUT2D eigenvalue weighted by Crippen LogP contribution is -2.47. The minimum absolute atomic E-state index is 0.146. The number of ether oxygens (including phenoxy) is 2. The smallest absolute Gasteiger partial charge is 0.407 e. The summed E-state index contributed by atoms with van der Waals surface area (Å²) < 4.78 is 11.3. The maximum absolute atomic E-state index is 12.9. The van der Waals surface area contributed by atoms with Crippen molar-refractivity contribution in [2.45, 2.75) is 118 Å². The Hall–Kier alpha value is -4.46. The van der Waals surface area contributed by atoms with Gasteiger partial charge in [-0.15, -0.1) is 0 Å². The molecule has 0 unspecified atom stereocenters. The number of aliphatic hydroxyl groups excluding tert-OH is 4. The number of azide groups is 1. The Morgan fingerprint density at radius 2 is 1.60 bits per heavy atom. The van der Waals surface area contributed by atoms with Crippen molar-refractivity contribution in [3.05, 3.63) is 88.9 Å².